The summed E-state index contributed by atoms with van der Waals surface area (Å²) in [6.07, 6.45) is 7.43. The first kappa shape index (κ1) is 16.6. The van der Waals surface area contributed by atoms with Crippen molar-refractivity contribution in [3.63, 3.8) is 0 Å². The Bertz CT molecular complexity index is 450. The Labute approximate surface area is 137 Å². The molecule has 2 N–H and O–H groups in total. The number of carbonyl (C=O) groups excluding carboxylic acids is 2. The zero-order chi connectivity index (χ0) is 16.4. The second-order valence-electron chi connectivity index (χ2n) is 7.28. The summed E-state index contributed by atoms with van der Waals surface area (Å²) in [5.41, 5.74) is 0. The highest BCUT2D eigenvalue weighted by molar-refractivity contribution is 5.78. The maximum atomic E-state index is 12.1. The summed E-state index contributed by atoms with van der Waals surface area (Å²) in [5, 5.41) is 12.8. The van der Waals surface area contributed by atoms with Crippen molar-refractivity contribution in [2.45, 2.75) is 82.6 Å². The zero-order valence-electron chi connectivity index (χ0n) is 13.9. The van der Waals surface area contributed by atoms with Crippen LogP contribution < -0.4 is 5.32 Å². The standard InChI is InChI=1S/C17H28N2O4/c1-11(20)23-16(12-5-3-2-4-6-12)7-8-19-15-10-13(21)9-14(15)18-17(19)22/h12-16,21H,2-10H2,1H3,(H,18,22). The molecule has 0 bridgehead atoms. The first-order valence-electron chi connectivity index (χ1n) is 8.97. The molecule has 1 aliphatic heterocycles. The van der Waals surface area contributed by atoms with Crippen molar-refractivity contribution in [3.8, 4) is 0 Å². The van der Waals surface area contributed by atoms with Gasteiger partial charge in [-0.1, -0.05) is 19.3 Å². The van der Waals surface area contributed by atoms with E-state index in [0.717, 1.165) is 12.8 Å². The normalized spacial score (nSPS) is 32.5. The zero-order valence-corrected chi connectivity index (χ0v) is 13.9. The Morgan fingerprint density at radius 1 is 1.35 bits per heavy atom. The fourth-order valence-corrected chi connectivity index (χ4v) is 4.52. The summed E-state index contributed by atoms with van der Waals surface area (Å²) in [6.45, 7) is 2.05. The second kappa shape index (κ2) is 7.07. The van der Waals surface area contributed by atoms with Crippen LogP contribution in [0, 0.1) is 5.92 Å². The minimum Gasteiger partial charge on any atom is -0.462 e. The lowest BCUT2D eigenvalue weighted by Gasteiger charge is -2.31. The first-order chi connectivity index (χ1) is 11.0. The van der Waals surface area contributed by atoms with Gasteiger partial charge in [0, 0.05) is 19.9 Å². The van der Waals surface area contributed by atoms with Crippen molar-refractivity contribution in [2.75, 3.05) is 6.54 Å². The molecule has 1 saturated heterocycles. The van der Waals surface area contributed by atoms with Gasteiger partial charge in [0.1, 0.15) is 6.10 Å². The predicted octanol–water partition coefficient (Wildman–Crippen LogP) is 1.81. The van der Waals surface area contributed by atoms with Gasteiger partial charge < -0.3 is 20.1 Å². The van der Waals surface area contributed by atoms with Crippen LogP contribution in [0.4, 0.5) is 4.79 Å². The number of esters is 1. The Balaban J connectivity index is 1.59. The molecular weight excluding hydrogens is 296 g/mol. The van der Waals surface area contributed by atoms with E-state index in [1.165, 1.54) is 26.2 Å². The Hall–Kier alpha value is -1.30. The number of carbonyl (C=O) groups is 2. The monoisotopic (exact) mass is 324 g/mol. The molecule has 0 radical (unpaired) electrons. The third-order valence-corrected chi connectivity index (χ3v) is 5.62. The maximum absolute atomic E-state index is 12.1. The van der Waals surface area contributed by atoms with Crippen LogP contribution in [-0.4, -0.2) is 52.8 Å². The molecule has 0 aromatic carbocycles. The highest BCUT2D eigenvalue weighted by atomic mass is 16.5. The molecule has 4 atom stereocenters. The average molecular weight is 324 g/mol. The van der Waals surface area contributed by atoms with Gasteiger partial charge in [0.25, 0.3) is 0 Å². The van der Waals surface area contributed by atoms with Crippen molar-refractivity contribution in [3.05, 3.63) is 0 Å². The molecular formula is C17H28N2O4. The SMILES string of the molecule is CC(=O)OC(CCN1C(=O)NC2CC(O)CC21)C1CCCCC1. The fraction of sp³-hybridized carbons (Fsp3) is 0.882. The van der Waals surface area contributed by atoms with Crippen molar-refractivity contribution in [1.82, 2.24) is 10.2 Å². The van der Waals surface area contributed by atoms with Gasteiger partial charge in [0.05, 0.1) is 18.2 Å². The molecule has 0 spiro atoms. The van der Waals surface area contributed by atoms with Crippen LogP contribution >= 0.6 is 0 Å². The molecule has 3 rings (SSSR count). The largest absolute Gasteiger partial charge is 0.462 e. The van der Waals surface area contributed by atoms with Gasteiger partial charge in [0.2, 0.25) is 0 Å². The molecule has 2 saturated carbocycles. The van der Waals surface area contributed by atoms with Gasteiger partial charge in [-0.2, -0.15) is 0 Å². The summed E-state index contributed by atoms with van der Waals surface area (Å²) in [6, 6.07) is 0.110. The van der Waals surface area contributed by atoms with Gasteiger partial charge in [-0.3, -0.25) is 4.79 Å². The Kier molecular flexibility index (Phi) is 5.09. The summed E-state index contributed by atoms with van der Waals surface area (Å²) in [7, 11) is 0. The van der Waals surface area contributed by atoms with E-state index in [0.29, 0.717) is 31.7 Å². The fourth-order valence-electron chi connectivity index (χ4n) is 4.52. The van der Waals surface area contributed by atoms with E-state index in [1.807, 2.05) is 4.90 Å². The lowest BCUT2D eigenvalue weighted by molar-refractivity contribution is -0.150. The number of nitrogens with one attached hydrogen (secondary N) is 1. The van der Waals surface area contributed by atoms with Gasteiger partial charge in [0.15, 0.2) is 0 Å². The Morgan fingerprint density at radius 3 is 2.78 bits per heavy atom. The summed E-state index contributed by atoms with van der Waals surface area (Å²) >= 11 is 0. The van der Waals surface area contributed by atoms with Gasteiger partial charge in [-0.05, 0) is 31.6 Å². The molecule has 3 aliphatic rings. The molecule has 2 aliphatic carbocycles. The predicted molar refractivity (Wildman–Crippen MR) is 84.8 cm³/mol. The third-order valence-electron chi connectivity index (χ3n) is 5.62. The van der Waals surface area contributed by atoms with E-state index in [4.69, 9.17) is 4.74 Å². The number of fused-ring (bicyclic) bond motifs is 1. The van der Waals surface area contributed by atoms with Crippen LogP contribution in [-0.2, 0) is 9.53 Å². The van der Waals surface area contributed by atoms with E-state index in [9.17, 15) is 14.7 Å². The van der Waals surface area contributed by atoms with Gasteiger partial charge >= 0.3 is 12.0 Å². The van der Waals surface area contributed by atoms with E-state index >= 15 is 0 Å². The molecule has 0 aromatic rings. The van der Waals surface area contributed by atoms with Crippen LogP contribution in [0.1, 0.15) is 58.3 Å². The summed E-state index contributed by atoms with van der Waals surface area (Å²) < 4.78 is 5.57. The minimum absolute atomic E-state index is 0.0443. The van der Waals surface area contributed by atoms with Gasteiger partial charge in [-0.15, -0.1) is 0 Å². The number of aliphatic hydroxyl groups excluding tert-OH is 1. The van der Waals surface area contributed by atoms with E-state index in [-0.39, 0.29) is 36.3 Å². The van der Waals surface area contributed by atoms with Gasteiger partial charge in [-0.25, -0.2) is 4.79 Å². The second-order valence-corrected chi connectivity index (χ2v) is 7.28. The smallest absolute Gasteiger partial charge is 0.318 e. The summed E-state index contributed by atoms with van der Waals surface area (Å²) in [4.78, 5) is 25.4. The van der Waals surface area contributed by atoms with Crippen molar-refractivity contribution in [2.24, 2.45) is 5.92 Å². The molecule has 0 aromatic heterocycles. The lowest BCUT2D eigenvalue weighted by Crippen LogP contribution is -2.39. The molecule has 23 heavy (non-hydrogen) atoms. The number of hydrogen-bond acceptors (Lipinski definition) is 4. The number of aliphatic hydroxyl groups is 1. The lowest BCUT2D eigenvalue weighted by atomic mass is 9.84. The molecule has 6 nitrogen and oxygen atoms in total. The third kappa shape index (κ3) is 3.79. The van der Waals surface area contributed by atoms with Crippen LogP contribution in [0.5, 0.6) is 0 Å². The van der Waals surface area contributed by atoms with E-state index in [2.05, 4.69) is 5.32 Å². The Morgan fingerprint density at radius 2 is 2.09 bits per heavy atom. The molecule has 4 unspecified atom stereocenters. The number of nitrogens with zero attached hydrogens (tertiary/aromatic N) is 1. The number of amides is 2. The number of ether oxygens (including phenoxy) is 1. The molecule has 6 heteroatoms. The molecule has 1 heterocycles. The van der Waals surface area contributed by atoms with E-state index in [1.54, 1.807) is 0 Å². The summed E-state index contributed by atoms with van der Waals surface area (Å²) in [5.74, 6) is 0.184. The topological polar surface area (TPSA) is 78.9 Å². The van der Waals surface area contributed by atoms with Crippen LogP contribution in [0.3, 0.4) is 0 Å². The minimum atomic E-state index is -0.323. The highest BCUT2D eigenvalue weighted by Gasteiger charge is 2.45. The number of hydrogen-bond donors (Lipinski definition) is 2. The number of rotatable bonds is 5. The number of urea groups is 1. The van der Waals surface area contributed by atoms with Crippen LogP contribution in [0.25, 0.3) is 0 Å². The van der Waals surface area contributed by atoms with Crippen molar-refractivity contribution >= 4 is 12.0 Å². The van der Waals surface area contributed by atoms with Crippen LogP contribution in [0.2, 0.25) is 0 Å². The van der Waals surface area contributed by atoms with Crippen molar-refractivity contribution in [1.29, 1.82) is 0 Å². The molecule has 2 amide bonds. The highest BCUT2D eigenvalue weighted by Crippen LogP contribution is 2.32. The van der Waals surface area contributed by atoms with Crippen LogP contribution in [0.15, 0.2) is 0 Å². The van der Waals surface area contributed by atoms with E-state index < -0.39 is 0 Å². The average Bonchev–Trinajstić information content (AvgIpc) is 2.99. The first-order valence-corrected chi connectivity index (χ1v) is 8.97. The molecule has 3 fully saturated rings. The maximum Gasteiger partial charge on any atom is 0.318 e. The molecule has 130 valence electrons. The quantitative estimate of drug-likeness (QED) is 0.756. The van der Waals surface area contributed by atoms with Crippen molar-refractivity contribution < 1.29 is 19.4 Å².